The molecule has 3 aromatic heterocycles. The molecule has 0 aliphatic heterocycles. The van der Waals surface area contributed by atoms with Crippen LogP contribution in [-0.2, 0) is 0 Å². The number of carbonyl (C=O) groups excluding carboxylic acids is 1. The second kappa shape index (κ2) is 5.34. The molecule has 2 N–H and O–H groups in total. The molecule has 8 heteroatoms. The van der Waals surface area contributed by atoms with Crippen molar-refractivity contribution in [3.63, 3.8) is 0 Å². The maximum absolute atomic E-state index is 12.3. The van der Waals surface area contributed by atoms with Crippen molar-refractivity contribution in [1.82, 2.24) is 29.7 Å². The number of rotatable bonds is 3. The van der Waals surface area contributed by atoms with Crippen LogP contribution in [0.3, 0.4) is 0 Å². The molecule has 8 nitrogen and oxygen atoms in total. The Hall–Kier alpha value is -3.55. The zero-order chi connectivity index (χ0) is 15.6. The molecule has 0 fully saturated rings. The molecule has 0 aliphatic carbocycles. The van der Waals surface area contributed by atoms with E-state index in [1.165, 1.54) is 11.0 Å². The quantitative estimate of drug-likeness (QED) is 0.601. The van der Waals surface area contributed by atoms with Gasteiger partial charge in [-0.2, -0.15) is 5.10 Å². The van der Waals surface area contributed by atoms with Crippen LogP contribution in [0.2, 0.25) is 0 Å². The van der Waals surface area contributed by atoms with E-state index in [1.807, 2.05) is 0 Å². The fourth-order valence-electron chi connectivity index (χ4n) is 2.20. The third kappa shape index (κ3) is 2.53. The van der Waals surface area contributed by atoms with Crippen molar-refractivity contribution in [3.05, 3.63) is 61.1 Å². The second-order valence-corrected chi connectivity index (χ2v) is 4.83. The maximum atomic E-state index is 12.3. The van der Waals surface area contributed by atoms with E-state index in [1.54, 1.807) is 49.2 Å². The van der Waals surface area contributed by atoms with Crippen LogP contribution in [0.1, 0.15) is 10.4 Å². The molecule has 4 aromatic rings. The van der Waals surface area contributed by atoms with Crippen LogP contribution in [-0.4, -0.2) is 35.6 Å². The number of pyridine rings is 1. The summed E-state index contributed by atoms with van der Waals surface area (Å²) in [4.78, 5) is 27.5. The van der Waals surface area contributed by atoms with E-state index in [2.05, 4.69) is 30.4 Å². The highest BCUT2D eigenvalue weighted by molar-refractivity contribution is 6.05. The molecule has 0 saturated carbocycles. The van der Waals surface area contributed by atoms with Gasteiger partial charge in [0.15, 0.2) is 5.82 Å². The van der Waals surface area contributed by atoms with E-state index in [0.29, 0.717) is 17.1 Å². The first kappa shape index (κ1) is 13.1. The lowest BCUT2D eigenvalue weighted by Gasteiger charge is -2.06. The topological polar surface area (TPSA) is 101 Å². The van der Waals surface area contributed by atoms with Crippen LogP contribution in [0.4, 0.5) is 5.69 Å². The smallest absolute Gasteiger partial charge is 0.255 e. The minimum Gasteiger partial charge on any atom is -0.345 e. The summed E-state index contributed by atoms with van der Waals surface area (Å²) >= 11 is 0. The van der Waals surface area contributed by atoms with Gasteiger partial charge in [0.1, 0.15) is 12.7 Å². The molecule has 3 heterocycles. The standard InChI is InChI=1S/C15H11N7O/c23-15(10-1-3-12-13(5-10)19-8-18-12)21-11-2-4-14(17-6-11)22-9-16-7-20-22/h1-9H,(H,18,19)(H,21,23). The number of amides is 1. The largest absolute Gasteiger partial charge is 0.345 e. The van der Waals surface area contributed by atoms with Crippen molar-refractivity contribution in [2.24, 2.45) is 0 Å². The molecule has 0 bridgehead atoms. The number of hydrogen-bond donors (Lipinski definition) is 2. The molecular formula is C15H11N7O. The van der Waals surface area contributed by atoms with Crippen molar-refractivity contribution in [2.45, 2.75) is 0 Å². The first-order valence-corrected chi connectivity index (χ1v) is 6.85. The number of benzene rings is 1. The summed E-state index contributed by atoms with van der Waals surface area (Å²) in [5, 5.41) is 6.80. The Labute approximate surface area is 130 Å². The van der Waals surface area contributed by atoms with Gasteiger partial charge in [0.05, 0.1) is 29.2 Å². The number of aromatic amines is 1. The number of imidazole rings is 1. The molecule has 0 unspecified atom stereocenters. The van der Waals surface area contributed by atoms with E-state index in [-0.39, 0.29) is 5.91 Å². The number of H-pyrrole nitrogens is 1. The van der Waals surface area contributed by atoms with Gasteiger partial charge in [0.25, 0.3) is 5.91 Å². The third-order valence-corrected chi connectivity index (χ3v) is 3.34. The van der Waals surface area contributed by atoms with E-state index in [4.69, 9.17) is 0 Å². The van der Waals surface area contributed by atoms with Gasteiger partial charge in [-0.1, -0.05) is 0 Å². The Morgan fingerprint density at radius 1 is 1.17 bits per heavy atom. The molecule has 0 spiro atoms. The number of carbonyl (C=O) groups is 1. The second-order valence-electron chi connectivity index (χ2n) is 4.83. The van der Waals surface area contributed by atoms with Gasteiger partial charge >= 0.3 is 0 Å². The summed E-state index contributed by atoms with van der Waals surface area (Å²) < 4.78 is 1.54. The first-order chi connectivity index (χ1) is 11.3. The number of aromatic nitrogens is 6. The molecule has 0 aliphatic rings. The summed E-state index contributed by atoms with van der Waals surface area (Å²) in [7, 11) is 0. The van der Waals surface area contributed by atoms with Crippen LogP contribution >= 0.6 is 0 Å². The lowest BCUT2D eigenvalue weighted by atomic mass is 10.2. The number of nitrogens with one attached hydrogen (secondary N) is 2. The number of fused-ring (bicyclic) bond motifs is 1. The van der Waals surface area contributed by atoms with E-state index in [9.17, 15) is 4.79 Å². The Kier molecular flexibility index (Phi) is 3.05. The molecule has 4 rings (SSSR count). The molecule has 1 aromatic carbocycles. The van der Waals surface area contributed by atoms with Gasteiger partial charge in [0, 0.05) is 5.56 Å². The summed E-state index contributed by atoms with van der Waals surface area (Å²) in [6, 6.07) is 8.80. The van der Waals surface area contributed by atoms with Gasteiger partial charge in [-0.05, 0) is 30.3 Å². The maximum Gasteiger partial charge on any atom is 0.255 e. The van der Waals surface area contributed by atoms with Gasteiger partial charge in [-0.15, -0.1) is 0 Å². The molecular weight excluding hydrogens is 294 g/mol. The summed E-state index contributed by atoms with van der Waals surface area (Å²) in [6.45, 7) is 0. The highest BCUT2D eigenvalue weighted by Gasteiger charge is 2.08. The minimum atomic E-state index is -0.211. The van der Waals surface area contributed by atoms with Crippen LogP contribution in [0.25, 0.3) is 16.9 Å². The molecule has 0 saturated heterocycles. The van der Waals surface area contributed by atoms with Gasteiger partial charge in [-0.3, -0.25) is 4.79 Å². The average Bonchev–Trinajstić information content (AvgIpc) is 3.26. The van der Waals surface area contributed by atoms with Crippen LogP contribution in [0.15, 0.2) is 55.5 Å². The van der Waals surface area contributed by atoms with Crippen molar-refractivity contribution >= 4 is 22.6 Å². The van der Waals surface area contributed by atoms with Crippen LogP contribution in [0.5, 0.6) is 0 Å². The number of anilines is 1. The summed E-state index contributed by atoms with van der Waals surface area (Å²) in [6.07, 6.45) is 6.16. The Bertz CT molecular complexity index is 957. The van der Waals surface area contributed by atoms with E-state index >= 15 is 0 Å². The number of nitrogens with zero attached hydrogens (tertiary/aromatic N) is 5. The molecule has 23 heavy (non-hydrogen) atoms. The fourth-order valence-corrected chi connectivity index (χ4v) is 2.20. The SMILES string of the molecule is O=C(Nc1ccc(-n2cncn2)nc1)c1ccc2nc[nH]c2c1. The average molecular weight is 305 g/mol. The van der Waals surface area contributed by atoms with E-state index in [0.717, 1.165) is 11.0 Å². The molecule has 0 radical (unpaired) electrons. The van der Waals surface area contributed by atoms with Crippen molar-refractivity contribution in [3.8, 4) is 5.82 Å². The predicted octanol–water partition coefficient (Wildman–Crippen LogP) is 1.79. The van der Waals surface area contributed by atoms with Gasteiger partial charge < -0.3 is 10.3 Å². The first-order valence-electron chi connectivity index (χ1n) is 6.85. The van der Waals surface area contributed by atoms with E-state index < -0.39 is 0 Å². The van der Waals surface area contributed by atoms with Crippen molar-refractivity contribution < 1.29 is 4.79 Å². The Morgan fingerprint density at radius 3 is 2.91 bits per heavy atom. The Balaban J connectivity index is 1.53. The summed E-state index contributed by atoms with van der Waals surface area (Å²) in [5.74, 6) is 0.413. The zero-order valence-electron chi connectivity index (χ0n) is 11.8. The van der Waals surface area contributed by atoms with Crippen LogP contribution in [0, 0.1) is 0 Å². The summed E-state index contributed by atoms with van der Waals surface area (Å²) in [5.41, 5.74) is 2.78. The lowest BCUT2D eigenvalue weighted by Crippen LogP contribution is -2.12. The van der Waals surface area contributed by atoms with Gasteiger partial charge in [-0.25, -0.2) is 19.6 Å². The minimum absolute atomic E-state index is 0.211. The normalized spacial score (nSPS) is 10.8. The van der Waals surface area contributed by atoms with Crippen LogP contribution < -0.4 is 5.32 Å². The highest BCUT2D eigenvalue weighted by Crippen LogP contribution is 2.14. The zero-order valence-corrected chi connectivity index (χ0v) is 11.8. The fraction of sp³-hybridized carbons (Fsp3) is 0. The molecule has 1 amide bonds. The molecule has 112 valence electrons. The van der Waals surface area contributed by atoms with Gasteiger partial charge in [0.2, 0.25) is 0 Å². The predicted molar refractivity (Wildman–Crippen MR) is 83.2 cm³/mol. The lowest BCUT2D eigenvalue weighted by molar-refractivity contribution is 0.102. The third-order valence-electron chi connectivity index (χ3n) is 3.34. The number of hydrogen-bond acceptors (Lipinski definition) is 5. The highest BCUT2D eigenvalue weighted by atomic mass is 16.1. The monoisotopic (exact) mass is 305 g/mol. The molecule has 0 atom stereocenters. The van der Waals surface area contributed by atoms with Crippen molar-refractivity contribution in [1.29, 1.82) is 0 Å². The Morgan fingerprint density at radius 2 is 2.13 bits per heavy atom. The van der Waals surface area contributed by atoms with Crippen molar-refractivity contribution in [2.75, 3.05) is 5.32 Å².